The zero-order chi connectivity index (χ0) is 11.5. The molecule has 16 heavy (non-hydrogen) atoms. The van der Waals surface area contributed by atoms with Crippen LogP contribution < -0.4 is 4.74 Å². The molecule has 1 heterocycles. The zero-order valence-electron chi connectivity index (χ0n) is 10.1. The van der Waals surface area contributed by atoms with E-state index in [0.717, 1.165) is 24.4 Å². The van der Waals surface area contributed by atoms with E-state index >= 15 is 0 Å². The summed E-state index contributed by atoms with van der Waals surface area (Å²) < 4.78 is 5.68. The maximum atomic E-state index is 5.68. The van der Waals surface area contributed by atoms with Crippen LogP contribution in [0.25, 0.3) is 10.9 Å². The molecule has 3 nitrogen and oxygen atoms in total. The van der Waals surface area contributed by atoms with E-state index in [2.05, 4.69) is 35.0 Å². The number of nitrogens with one attached hydrogen (secondary N) is 1. The maximum Gasteiger partial charge on any atom is 0.120 e. The van der Waals surface area contributed by atoms with Gasteiger partial charge in [-0.1, -0.05) is 0 Å². The predicted molar refractivity (Wildman–Crippen MR) is 67.1 cm³/mol. The first kappa shape index (κ1) is 11.0. The first-order chi connectivity index (χ1) is 7.65. The minimum absolute atomic E-state index is 0.724. The van der Waals surface area contributed by atoms with Gasteiger partial charge in [0.05, 0.1) is 0 Å². The molecular formula is C13H18N2O. The third kappa shape index (κ3) is 2.55. The monoisotopic (exact) mass is 218 g/mol. The molecule has 0 spiro atoms. The van der Waals surface area contributed by atoms with Gasteiger partial charge in [0, 0.05) is 23.1 Å². The Morgan fingerprint density at radius 1 is 1.25 bits per heavy atom. The molecule has 1 aromatic heterocycles. The van der Waals surface area contributed by atoms with Crippen LogP contribution >= 0.6 is 0 Å². The van der Waals surface area contributed by atoms with Gasteiger partial charge in [-0.15, -0.1) is 0 Å². The molecule has 0 amide bonds. The molecule has 0 atom stereocenters. The lowest BCUT2D eigenvalue weighted by molar-refractivity contribution is 0.261. The van der Waals surface area contributed by atoms with Gasteiger partial charge in [0.15, 0.2) is 0 Å². The second-order valence-corrected chi connectivity index (χ2v) is 4.35. The van der Waals surface area contributed by atoms with Gasteiger partial charge in [0.1, 0.15) is 12.4 Å². The van der Waals surface area contributed by atoms with Crippen LogP contribution in [0, 0.1) is 6.92 Å². The summed E-state index contributed by atoms with van der Waals surface area (Å²) in [6.07, 6.45) is 0. The number of rotatable bonds is 4. The van der Waals surface area contributed by atoms with Crippen molar-refractivity contribution < 1.29 is 4.74 Å². The first-order valence-corrected chi connectivity index (χ1v) is 5.52. The Morgan fingerprint density at radius 3 is 2.81 bits per heavy atom. The Labute approximate surface area is 96.0 Å². The Morgan fingerprint density at radius 2 is 2.06 bits per heavy atom. The molecule has 3 heteroatoms. The Kier molecular flexibility index (Phi) is 3.15. The summed E-state index contributed by atoms with van der Waals surface area (Å²) in [7, 11) is 4.09. The van der Waals surface area contributed by atoms with Gasteiger partial charge in [-0.3, -0.25) is 0 Å². The summed E-state index contributed by atoms with van der Waals surface area (Å²) in [4.78, 5) is 5.41. The number of nitrogens with zero attached hydrogens (tertiary/aromatic N) is 1. The molecule has 86 valence electrons. The lowest BCUT2D eigenvalue weighted by Gasteiger charge is -2.10. The van der Waals surface area contributed by atoms with Crippen LogP contribution in [0.5, 0.6) is 5.75 Å². The highest BCUT2D eigenvalue weighted by molar-refractivity contribution is 5.81. The topological polar surface area (TPSA) is 28.3 Å². The van der Waals surface area contributed by atoms with Gasteiger partial charge in [0.2, 0.25) is 0 Å². The molecule has 1 aromatic carbocycles. The van der Waals surface area contributed by atoms with Crippen molar-refractivity contribution in [3.8, 4) is 5.75 Å². The van der Waals surface area contributed by atoms with Crippen molar-refractivity contribution >= 4 is 10.9 Å². The normalized spacial score (nSPS) is 11.2. The molecule has 0 radical (unpaired) electrons. The highest BCUT2D eigenvalue weighted by Crippen LogP contribution is 2.21. The van der Waals surface area contributed by atoms with Gasteiger partial charge in [-0.05, 0) is 45.3 Å². The fraction of sp³-hybridized carbons (Fsp3) is 0.385. The van der Waals surface area contributed by atoms with E-state index in [4.69, 9.17) is 4.74 Å². The number of ether oxygens (including phenoxy) is 1. The fourth-order valence-electron chi connectivity index (χ4n) is 1.69. The van der Waals surface area contributed by atoms with Crippen molar-refractivity contribution in [1.82, 2.24) is 9.88 Å². The van der Waals surface area contributed by atoms with Crippen LogP contribution in [0.3, 0.4) is 0 Å². The third-order valence-electron chi connectivity index (χ3n) is 2.53. The lowest BCUT2D eigenvalue weighted by Crippen LogP contribution is -2.19. The summed E-state index contributed by atoms with van der Waals surface area (Å²) >= 11 is 0. The van der Waals surface area contributed by atoms with Crippen molar-refractivity contribution in [1.29, 1.82) is 0 Å². The Bertz CT molecular complexity index is 474. The lowest BCUT2D eigenvalue weighted by atomic mass is 10.2. The largest absolute Gasteiger partial charge is 0.492 e. The van der Waals surface area contributed by atoms with E-state index in [1.165, 1.54) is 11.1 Å². The quantitative estimate of drug-likeness (QED) is 0.853. The van der Waals surface area contributed by atoms with Crippen molar-refractivity contribution in [2.75, 3.05) is 27.2 Å². The molecule has 0 aliphatic carbocycles. The Balaban J connectivity index is 2.07. The van der Waals surface area contributed by atoms with Crippen LogP contribution in [-0.4, -0.2) is 37.1 Å². The summed E-state index contributed by atoms with van der Waals surface area (Å²) in [5.41, 5.74) is 2.35. The zero-order valence-corrected chi connectivity index (χ0v) is 10.1. The average Bonchev–Trinajstić information content (AvgIpc) is 2.56. The summed E-state index contributed by atoms with van der Waals surface area (Å²) in [5.74, 6) is 0.938. The minimum Gasteiger partial charge on any atom is -0.492 e. The van der Waals surface area contributed by atoms with E-state index in [1.54, 1.807) is 0 Å². The number of likely N-dealkylation sites (N-methyl/N-ethyl adjacent to an activating group) is 1. The number of hydrogen-bond acceptors (Lipinski definition) is 2. The smallest absolute Gasteiger partial charge is 0.120 e. The standard InChI is InChI=1S/C13H18N2O/c1-10-8-11-9-12(4-5-13(11)14-10)16-7-6-15(2)3/h4-5,8-9,14H,6-7H2,1-3H3. The SMILES string of the molecule is Cc1cc2cc(OCCN(C)C)ccc2[nH]1. The molecule has 0 unspecified atom stereocenters. The number of aryl methyl sites for hydroxylation is 1. The van der Waals surface area contributed by atoms with E-state index in [1.807, 2.05) is 20.2 Å². The Hall–Kier alpha value is -1.48. The van der Waals surface area contributed by atoms with Crippen LogP contribution in [0.1, 0.15) is 5.69 Å². The van der Waals surface area contributed by atoms with E-state index in [9.17, 15) is 0 Å². The van der Waals surface area contributed by atoms with Crippen LogP contribution in [0.15, 0.2) is 24.3 Å². The molecule has 0 fully saturated rings. The second kappa shape index (κ2) is 4.58. The van der Waals surface area contributed by atoms with Gasteiger partial charge < -0.3 is 14.6 Å². The predicted octanol–water partition coefficient (Wildman–Crippen LogP) is 2.42. The number of H-pyrrole nitrogens is 1. The van der Waals surface area contributed by atoms with Gasteiger partial charge >= 0.3 is 0 Å². The second-order valence-electron chi connectivity index (χ2n) is 4.35. The van der Waals surface area contributed by atoms with Crippen molar-refractivity contribution in [3.63, 3.8) is 0 Å². The van der Waals surface area contributed by atoms with E-state index in [-0.39, 0.29) is 0 Å². The van der Waals surface area contributed by atoms with Gasteiger partial charge in [-0.2, -0.15) is 0 Å². The first-order valence-electron chi connectivity index (χ1n) is 5.52. The molecule has 0 aliphatic rings. The van der Waals surface area contributed by atoms with Crippen LogP contribution in [0.2, 0.25) is 0 Å². The minimum atomic E-state index is 0.724. The van der Waals surface area contributed by atoms with Crippen molar-refractivity contribution in [3.05, 3.63) is 30.0 Å². The van der Waals surface area contributed by atoms with E-state index < -0.39 is 0 Å². The van der Waals surface area contributed by atoms with Crippen LogP contribution in [0.4, 0.5) is 0 Å². The van der Waals surface area contributed by atoms with Crippen molar-refractivity contribution in [2.45, 2.75) is 6.92 Å². The van der Waals surface area contributed by atoms with Gasteiger partial charge in [-0.25, -0.2) is 0 Å². The average molecular weight is 218 g/mol. The third-order valence-corrected chi connectivity index (χ3v) is 2.53. The molecule has 2 rings (SSSR count). The highest BCUT2D eigenvalue weighted by Gasteiger charge is 2.00. The number of hydrogen-bond donors (Lipinski definition) is 1. The molecule has 0 saturated heterocycles. The molecule has 0 aliphatic heterocycles. The fourth-order valence-corrected chi connectivity index (χ4v) is 1.69. The molecule has 0 bridgehead atoms. The summed E-state index contributed by atoms with van der Waals surface area (Å²) in [6.45, 7) is 3.72. The number of benzene rings is 1. The van der Waals surface area contributed by atoms with E-state index in [0.29, 0.717) is 0 Å². The highest BCUT2D eigenvalue weighted by atomic mass is 16.5. The maximum absolute atomic E-state index is 5.68. The van der Waals surface area contributed by atoms with Gasteiger partial charge in [0.25, 0.3) is 0 Å². The molecule has 2 aromatic rings. The molecular weight excluding hydrogens is 200 g/mol. The number of aromatic nitrogens is 1. The summed E-state index contributed by atoms with van der Waals surface area (Å²) in [5, 5.41) is 1.21. The number of fused-ring (bicyclic) bond motifs is 1. The van der Waals surface area contributed by atoms with Crippen LogP contribution in [-0.2, 0) is 0 Å². The summed E-state index contributed by atoms with van der Waals surface area (Å²) in [6, 6.07) is 8.28. The van der Waals surface area contributed by atoms with Crippen molar-refractivity contribution in [2.24, 2.45) is 0 Å². The molecule has 1 N–H and O–H groups in total. The number of aromatic amines is 1. The molecule has 0 saturated carbocycles.